The highest BCUT2D eigenvalue weighted by atomic mass is 32.1. The second-order valence-electron chi connectivity index (χ2n) is 5.61. The highest BCUT2D eigenvalue weighted by Gasteiger charge is 2.29. The van der Waals surface area contributed by atoms with Crippen LogP contribution in [0.15, 0.2) is 0 Å². The topological polar surface area (TPSA) is 38.5 Å². The molecule has 2 N–H and O–H groups in total. The van der Waals surface area contributed by atoms with Crippen molar-refractivity contribution in [2.24, 2.45) is 11.1 Å². The molecule has 0 radical (unpaired) electrons. The summed E-state index contributed by atoms with van der Waals surface area (Å²) in [6.07, 6.45) is 4.92. The van der Waals surface area contributed by atoms with Gasteiger partial charge in [0.15, 0.2) is 0 Å². The first-order valence-electron chi connectivity index (χ1n) is 6.50. The third-order valence-corrected chi connectivity index (χ3v) is 4.11. The number of ether oxygens (including phenoxy) is 1. The lowest BCUT2D eigenvalue weighted by Crippen LogP contribution is -2.33. The van der Waals surface area contributed by atoms with Gasteiger partial charge in [-0.1, -0.05) is 26.1 Å². The molecule has 4 heteroatoms. The minimum atomic E-state index is -0.00812. The van der Waals surface area contributed by atoms with E-state index in [1.165, 1.54) is 12.8 Å². The first-order chi connectivity index (χ1) is 7.97. The molecule has 0 aromatic heterocycles. The highest BCUT2D eigenvalue weighted by Crippen LogP contribution is 2.28. The van der Waals surface area contributed by atoms with E-state index in [4.69, 9.17) is 22.7 Å². The molecule has 0 spiro atoms. The van der Waals surface area contributed by atoms with Crippen molar-refractivity contribution in [3.63, 3.8) is 0 Å². The molecular weight excluding hydrogens is 232 g/mol. The van der Waals surface area contributed by atoms with Crippen LogP contribution in [0.1, 0.15) is 39.5 Å². The normalized spacial score (nSPS) is 16.5. The average Bonchev–Trinajstić information content (AvgIpc) is 3.06. The summed E-state index contributed by atoms with van der Waals surface area (Å²) < 4.78 is 5.15. The summed E-state index contributed by atoms with van der Waals surface area (Å²) >= 11 is 5.09. The van der Waals surface area contributed by atoms with Gasteiger partial charge in [0.05, 0.1) is 11.6 Å². The molecule has 0 aromatic carbocycles. The molecule has 1 aliphatic carbocycles. The van der Waals surface area contributed by atoms with Crippen molar-refractivity contribution in [2.75, 3.05) is 26.8 Å². The summed E-state index contributed by atoms with van der Waals surface area (Å²) in [4.78, 5) is 3.17. The molecule has 0 aromatic rings. The van der Waals surface area contributed by atoms with E-state index >= 15 is 0 Å². The Morgan fingerprint density at radius 1 is 1.41 bits per heavy atom. The third kappa shape index (κ3) is 5.32. The predicted molar refractivity (Wildman–Crippen MR) is 76.3 cm³/mol. The Hall–Kier alpha value is -0.190. The number of thiocarbonyl (C=S) groups is 1. The second-order valence-corrected chi connectivity index (χ2v) is 6.05. The number of hydrogen-bond donors (Lipinski definition) is 1. The van der Waals surface area contributed by atoms with Crippen LogP contribution in [0, 0.1) is 5.41 Å². The number of nitrogens with two attached hydrogens (primary N) is 1. The fourth-order valence-corrected chi connectivity index (χ4v) is 2.07. The van der Waals surface area contributed by atoms with Gasteiger partial charge in [0.1, 0.15) is 0 Å². The fraction of sp³-hybridized carbons (Fsp3) is 0.923. The fourth-order valence-electron chi connectivity index (χ4n) is 1.97. The molecule has 1 fully saturated rings. The van der Waals surface area contributed by atoms with Gasteiger partial charge in [0.25, 0.3) is 0 Å². The van der Waals surface area contributed by atoms with E-state index in [-0.39, 0.29) is 5.41 Å². The Labute approximate surface area is 111 Å². The lowest BCUT2D eigenvalue weighted by Gasteiger charge is -2.26. The number of nitrogens with zero attached hydrogens (tertiary/aromatic N) is 1. The summed E-state index contributed by atoms with van der Waals surface area (Å²) in [5, 5.41) is 0. The highest BCUT2D eigenvalue weighted by molar-refractivity contribution is 7.80. The van der Waals surface area contributed by atoms with Gasteiger partial charge in [-0.3, -0.25) is 4.90 Å². The summed E-state index contributed by atoms with van der Waals surface area (Å²) in [7, 11) is 1.76. The number of methoxy groups -OCH3 is 1. The van der Waals surface area contributed by atoms with E-state index in [0.717, 1.165) is 38.6 Å². The van der Waals surface area contributed by atoms with Crippen molar-refractivity contribution in [3.8, 4) is 0 Å². The summed E-state index contributed by atoms with van der Waals surface area (Å²) in [5.74, 6) is 0. The molecule has 0 bridgehead atoms. The maximum atomic E-state index is 5.74. The van der Waals surface area contributed by atoms with Gasteiger partial charge in [-0.25, -0.2) is 0 Å². The van der Waals surface area contributed by atoms with E-state index in [2.05, 4.69) is 18.7 Å². The zero-order valence-corrected chi connectivity index (χ0v) is 12.2. The summed E-state index contributed by atoms with van der Waals surface area (Å²) in [5.41, 5.74) is 5.73. The van der Waals surface area contributed by atoms with Crippen LogP contribution in [0.25, 0.3) is 0 Å². The van der Waals surface area contributed by atoms with Gasteiger partial charge in [-0.15, -0.1) is 0 Å². The monoisotopic (exact) mass is 258 g/mol. The van der Waals surface area contributed by atoms with E-state index < -0.39 is 0 Å². The molecule has 17 heavy (non-hydrogen) atoms. The molecule has 0 atom stereocenters. The molecule has 1 aliphatic rings. The van der Waals surface area contributed by atoms with Crippen LogP contribution in [0.4, 0.5) is 0 Å². The first kappa shape index (κ1) is 14.9. The van der Waals surface area contributed by atoms with Gasteiger partial charge in [-0.05, 0) is 32.2 Å². The third-order valence-electron chi connectivity index (χ3n) is 3.56. The van der Waals surface area contributed by atoms with Crippen LogP contribution in [0.2, 0.25) is 0 Å². The predicted octanol–water partition coefficient (Wildman–Crippen LogP) is 2.19. The minimum absolute atomic E-state index is 0.00812. The molecular formula is C13H26N2OS. The molecule has 3 nitrogen and oxygen atoms in total. The molecule has 0 aliphatic heterocycles. The van der Waals surface area contributed by atoms with Gasteiger partial charge in [0.2, 0.25) is 0 Å². The quantitative estimate of drug-likeness (QED) is 0.643. The Kier molecular flexibility index (Phi) is 5.83. The van der Waals surface area contributed by atoms with Crippen molar-refractivity contribution in [1.82, 2.24) is 4.90 Å². The van der Waals surface area contributed by atoms with E-state index in [1.807, 2.05) is 0 Å². The zero-order chi connectivity index (χ0) is 12.9. The standard InChI is InChI=1S/C13H26N2OS/c1-13(2,12(14)17)7-4-8-15(9-10-16-3)11-5-6-11/h11H,4-10H2,1-3H3,(H2,14,17). The molecule has 1 rings (SSSR count). The van der Waals surface area contributed by atoms with Crippen molar-refractivity contribution >= 4 is 17.2 Å². The maximum absolute atomic E-state index is 5.74. The molecule has 0 saturated heterocycles. The smallest absolute Gasteiger partial charge is 0.0784 e. The zero-order valence-electron chi connectivity index (χ0n) is 11.4. The Morgan fingerprint density at radius 2 is 2.06 bits per heavy atom. The van der Waals surface area contributed by atoms with Crippen molar-refractivity contribution in [3.05, 3.63) is 0 Å². The maximum Gasteiger partial charge on any atom is 0.0784 e. The van der Waals surface area contributed by atoms with Gasteiger partial charge in [-0.2, -0.15) is 0 Å². The summed E-state index contributed by atoms with van der Waals surface area (Å²) in [6, 6.07) is 0.804. The lowest BCUT2D eigenvalue weighted by molar-refractivity contribution is 0.141. The number of rotatable bonds is 9. The largest absolute Gasteiger partial charge is 0.393 e. The second kappa shape index (κ2) is 6.66. The van der Waals surface area contributed by atoms with Crippen molar-refractivity contribution in [2.45, 2.75) is 45.6 Å². The van der Waals surface area contributed by atoms with Crippen LogP contribution >= 0.6 is 12.2 Å². The van der Waals surface area contributed by atoms with Gasteiger partial charge in [0, 0.05) is 25.1 Å². The van der Waals surface area contributed by atoms with Crippen LogP contribution < -0.4 is 5.73 Å². The number of hydrogen-bond acceptors (Lipinski definition) is 3. The Bertz CT molecular complexity index is 252. The molecule has 0 amide bonds. The lowest BCUT2D eigenvalue weighted by atomic mass is 9.88. The Morgan fingerprint density at radius 3 is 2.53 bits per heavy atom. The van der Waals surface area contributed by atoms with Crippen LogP contribution in [-0.2, 0) is 4.74 Å². The van der Waals surface area contributed by atoms with E-state index in [0.29, 0.717) is 4.99 Å². The Balaban J connectivity index is 2.24. The molecule has 100 valence electrons. The molecule has 1 saturated carbocycles. The van der Waals surface area contributed by atoms with Crippen molar-refractivity contribution < 1.29 is 4.74 Å². The minimum Gasteiger partial charge on any atom is -0.393 e. The summed E-state index contributed by atoms with van der Waals surface area (Å²) in [6.45, 7) is 7.28. The van der Waals surface area contributed by atoms with E-state index in [1.54, 1.807) is 7.11 Å². The van der Waals surface area contributed by atoms with Crippen LogP contribution in [-0.4, -0.2) is 42.7 Å². The molecule has 0 heterocycles. The van der Waals surface area contributed by atoms with Crippen molar-refractivity contribution in [1.29, 1.82) is 0 Å². The average molecular weight is 258 g/mol. The van der Waals surface area contributed by atoms with Gasteiger partial charge < -0.3 is 10.5 Å². The van der Waals surface area contributed by atoms with E-state index in [9.17, 15) is 0 Å². The van der Waals surface area contributed by atoms with Crippen LogP contribution in [0.5, 0.6) is 0 Å². The van der Waals surface area contributed by atoms with Gasteiger partial charge >= 0.3 is 0 Å². The molecule has 0 unspecified atom stereocenters. The van der Waals surface area contributed by atoms with Crippen LogP contribution in [0.3, 0.4) is 0 Å². The SMILES string of the molecule is COCCN(CCCC(C)(C)C(N)=S)C1CC1. The first-order valence-corrected chi connectivity index (χ1v) is 6.91.